The zero-order chi connectivity index (χ0) is 20.7. The van der Waals surface area contributed by atoms with Gasteiger partial charge in [0.2, 0.25) is 11.8 Å². The van der Waals surface area contributed by atoms with Gasteiger partial charge >= 0.3 is 6.09 Å². The number of anilines is 1. The van der Waals surface area contributed by atoms with Gasteiger partial charge in [0.25, 0.3) is 0 Å². The van der Waals surface area contributed by atoms with Crippen LogP contribution in [0, 0.1) is 5.92 Å². The molecule has 3 amide bonds. The predicted molar refractivity (Wildman–Crippen MR) is 108 cm³/mol. The Kier molecular flexibility index (Phi) is 7.43. The molecule has 28 heavy (non-hydrogen) atoms. The van der Waals surface area contributed by atoms with E-state index in [-0.39, 0.29) is 17.7 Å². The molecule has 0 aromatic heterocycles. The third-order valence-electron chi connectivity index (χ3n) is 4.51. The summed E-state index contributed by atoms with van der Waals surface area (Å²) in [7, 11) is 0. The molecule has 3 N–H and O–H groups in total. The minimum Gasteiger partial charge on any atom is -0.444 e. The largest absolute Gasteiger partial charge is 0.444 e. The average molecular weight is 389 g/mol. The van der Waals surface area contributed by atoms with Gasteiger partial charge in [0.05, 0.1) is 0 Å². The van der Waals surface area contributed by atoms with Crippen molar-refractivity contribution in [1.82, 2.24) is 10.6 Å². The van der Waals surface area contributed by atoms with Gasteiger partial charge in [-0.3, -0.25) is 9.59 Å². The van der Waals surface area contributed by atoms with Gasteiger partial charge in [-0.2, -0.15) is 0 Å². The van der Waals surface area contributed by atoms with E-state index in [2.05, 4.69) is 16.0 Å². The summed E-state index contributed by atoms with van der Waals surface area (Å²) in [5.74, 6) is -0.150. The fourth-order valence-electron chi connectivity index (χ4n) is 3.08. The smallest absolute Gasteiger partial charge is 0.408 e. The van der Waals surface area contributed by atoms with Crippen LogP contribution in [0.15, 0.2) is 24.3 Å². The molecule has 0 spiro atoms. The summed E-state index contributed by atoms with van der Waals surface area (Å²) in [4.78, 5) is 36.2. The summed E-state index contributed by atoms with van der Waals surface area (Å²) in [6, 6.07) is 6.68. The maximum absolute atomic E-state index is 12.3. The molecule has 7 nitrogen and oxygen atoms in total. The summed E-state index contributed by atoms with van der Waals surface area (Å²) in [5.41, 5.74) is 0.967. The van der Waals surface area contributed by atoms with Crippen LogP contribution >= 0.6 is 0 Å². The van der Waals surface area contributed by atoms with Crippen LogP contribution in [0.3, 0.4) is 0 Å². The van der Waals surface area contributed by atoms with E-state index < -0.39 is 17.7 Å². The zero-order valence-electron chi connectivity index (χ0n) is 17.1. The van der Waals surface area contributed by atoms with Crippen molar-refractivity contribution in [3.8, 4) is 0 Å². The van der Waals surface area contributed by atoms with E-state index in [9.17, 15) is 14.4 Å². The third-order valence-corrected chi connectivity index (χ3v) is 4.51. The highest BCUT2D eigenvalue weighted by Gasteiger charge is 2.23. The van der Waals surface area contributed by atoms with Crippen LogP contribution in [0.1, 0.15) is 58.9 Å². The molecular weight excluding hydrogens is 358 g/mol. The van der Waals surface area contributed by atoms with Crippen LogP contribution in [-0.4, -0.2) is 29.6 Å². The first-order chi connectivity index (χ1) is 13.1. The van der Waals surface area contributed by atoms with Crippen molar-refractivity contribution < 1.29 is 19.1 Å². The van der Waals surface area contributed by atoms with Crippen molar-refractivity contribution in [3.63, 3.8) is 0 Å². The maximum Gasteiger partial charge on any atom is 0.408 e. The molecule has 1 aliphatic carbocycles. The van der Waals surface area contributed by atoms with Crippen molar-refractivity contribution in [2.75, 3.05) is 5.32 Å². The number of hydrogen-bond donors (Lipinski definition) is 3. The Hall–Kier alpha value is -2.57. The molecular formula is C21H31N3O4. The molecule has 2 rings (SSSR count). The van der Waals surface area contributed by atoms with Crippen molar-refractivity contribution in [1.29, 1.82) is 0 Å². The van der Waals surface area contributed by atoms with Gasteiger partial charge in [0.1, 0.15) is 11.6 Å². The molecule has 1 saturated carbocycles. The van der Waals surface area contributed by atoms with Gasteiger partial charge in [-0.05, 0) is 58.2 Å². The summed E-state index contributed by atoms with van der Waals surface area (Å²) >= 11 is 0. The number of nitrogens with one attached hydrogen (secondary N) is 3. The molecule has 1 aliphatic rings. The Labute approximate surface area is 166 Å². The second-order valence-electron chi connectivity index (χ2n) is 8.26. The minimum atomic E-state index is -0.722. The van der Waals surface area contributed by atoms with Crippen LogP contribution in [0.5, 0.6) is 0 Å². The highest BCUT2D eigenvalue weighted by atomic mass is 16.6. The fraction of sp³-hybridized carbons (Fsp3) is 0.571. The maximum atomic E-state index is 12.3. The normalized spacial score (nSPS) is 15.6. The first kappa shape index (κ1) is 21.7. The second kappa shape index (κ2) is 9.57. The van der Waals surface area contributed by atoms with E-state index in [4.69, 9.17) is 4.74 Å². The Morgan fingerprint density at radius 1 is 1.18 bits per heavy atom. The Bertz CT molecular complexity index is 706. The number of hydrogen-bond acceptors (Lipinski definition) is 4. The Balaban J connectivity index is 1.82. The quantitative estimate of drug-likeness (QED) is 0.695. The summed E-state index contributed by atoms with van der Waals surface area (Å²) in [6.45, 7) is 7.17. The lowest BCUT2D eigenvalue weighted by Crippen LogP contribution is -2.46. The van der Waals surface area contributed by atoms with Crippen molar-refractivity contribution >= 4 is 23.6 Å². The first-order valence-electron chi connectivity index (χ1n) is 9.81. The first-order valence-corrected chi connectivity index (χ1v) is 9.81. The number of carbonyl (C=O) groups is 3. The van der Waals surface area contributed by atoms with Gasteiger partial charge < -0.3 is 20.7 Å². The molecule has 0 radical (unpaired) electrons. The van der Waals surface area contributed by atoms with Gasteiger partial charge in [-0.15, -0.1) is 0 Å². The average Bonchev–Trinajstić information content (AvgIpc) is 3.13. The number of rotatable bonds is 6. The van der Waals surface area contributed by atoms with E-state index >= 15 is 0 Å². The number of carbonyl (C=O) groups excluding carboxylic acids is 3. The summed E-state index contributed by atoms with van der Waals surface area (Å²) in [5, 5.41) is 8.25. The van der Waals surface area contributed by atoms with E-state index in [0.29, 0.717) is 6.54 Å². The van der Waals surface area contributed by atoms with Crippen LogP contribution in [0.25, 0.3) is 0 Å². The molecule has 154 valence electrons. The number of ether oxygens (including phenoxy) is 1. The third kappa shape index (κ3) is 7.21. The van der Waals surface area contributed by atoms with Gasteiger partial charge in [0, 0.05) is 18.2 Å². The van der Waals surface area contributed by atoms with E-state index in [1.165, 1.54) is 0 Å². The Morgan fingerprint density at radius 3 is 2.50 bits per heavy atom. The molecule has 1 aromatic rings. The minimum absolute atomic E-state index is 0.0638. The van der Waals surface area contributed by atoms with Crippen LogP contribution in [0.2, 0.25) is 0 Å². The number of alkyl carbamates (subject to hydrolysis) is 1. The summed E-state index contributed by atoms with van der Waals surface area (Å²) in [6.07, 6.45) is 3.49. The van der Waals surface area contributed by atoms with Gasteiger partial charge in [-0.25, -0.2) is 4.79 Å². The van der Waals surface area contributed by atoms with Gasteiger partial charge in [-0.1, -0.05) is 25.0 Å². The Morgan fingerprint density at radius 2 is 1.86 bits per heavy atom. The van der Waals surface area contributed by atoms with E-state index in [0.717, 1.165) is 36.9 Å². The topological polar surface area (TPSA) is 96.5 Å². The molecule has 0 heterocycles. The molecule has 0 bridgehead atoms. The molecule has 1 atom stereocenters. The zero-order valence-corrected chi connectivity index (χ0v) is 17.1. The van der Waals surface area contributed by atoms with Crippen molar-refractivity contribution in [3.05, 3.63) is 29.8 Å². The lowest BCUT2D eigenvalue weighted by atomic mass is 10.1. The molecule has 0 aliphatic heterocycles. The highest BCUT2D eigenvalue weighted by molar-refractivity contribution is 5.92. The summed E-state index contributed by atoms with van der Waals surface area (Å²) < 4.78 is 5.15. The second-order valence-corrected chi connectivity index (χ2v) is 8.26. The number of amides is 3. The molecule has 0 unspecified atom stereocenters. The van der Waals surface area contributed by atoms with Gasteiger partial charge in [0.15, 0.2) is 0 Å². The molecule has 1 aromatic carbocycles. The van der Waals surface area contributed by atoms with Crippen molar-refractivity contribution in [2.45, 2.75) is 71.6 Å². The van der Waals surface area contributed by atoms with Crippen LogP contribution < -0.4 is 16.0 Å². The van der Waals surface area contributed by atoms with Crippen LogP contribution in [-0.2, 0) is 20.9 Å². The van der Waals surface area contributed by atoms with Crippen molar-refractivity contribution in [2.24, 2.45) is 5.92 Å². The molecule has 7 heteroatoms. The lowest BCUT2D eigenvalue weighted by molar-refractivity contribution is -0.123. The molecule has 0 saturated heterocycles. The number of benzene rings is 1. The monoisotopic (exact) mass is 389 g/mol. The van der Waals surface area contributed by atoms with Crippen LogP contribution in [0.4, 0.5) is 10.5 Å². The SMILES string of the molecule is C[C@@H](NC(=O)OC(C)(C)C)C(=O)NCc1cccc(NC(=O)C2CCCC2)c1. The van der Waals surface area contributed by atoms with E-state index in [1.807, 2.05) is 24.3 Å². The highest BCUT2D eigenvalue weighted by Crippen LogP contribution is 2.26. The van der Waals surface area contributed by atoms with E-state index in [1.54, 1.807) is 27.7 Å². The molecule has 1 fully saturated rings. The fourth-order valence-corrected chi connectivity index (χ4v) is 3.08. The predicted octanol–water partition coefficient (Wildman–Crippen LogP) is 3.34. The lowest BCUT2D eigenvalue weighted by Gasteiger charge is -2.21. The standard InChI is InChI=1S/C21H31N3O4/c1-14(23-20(27)28-21(2,3)4)18(25)22-13-15-8-7-11-17(12-15)24-19(26)16-9-5-6-10-16/h7-8,11-12,14,16H,5-6,9-10,13H2,1-4H3,(H,22,25)(H,23,27)(H,24,26)/t14-/m1/s1.